The summed E-state index contributed by atoms with van der Waals surface area (Å²) in [5.41, 5.74) is 6.98. The Hall–Kier alpha value is -0.570. The van der Waals surface area contributed by atoms with Crippen LogP contribution < -0.4 is 5.73 Å². The average Bonchev–Trinajstić information content (AvgIpc) is 2.15. The Morgan fingerprint density at radius 1 is 1.29 bits per heavy atom. The van der Waals surface area contributed by atoms with E-state index in [1.807, 2.05) is 38.1 Å². The second kappa shape index (κ2) is 5.35. The predicted octanol–water partition coefficient (Wildman–Crippen LogP) is 2.76. The van der Waals surface area contributed by atoms with Gasteiger partial charge in [-0.05, 0) is 31.5 Å². The van der Waals surface area contributed by atoms with Gasteiger partial charge in [0.25, 0.3) is 0 Å². The highest BCUT2D eigenvalue weighted by atomic mass is 35.5. The molecule has 0 aliphatic rings. The minimum atomic E-state index is -0.0744. The van der Waals surface area contributed by atoms with Crippen LogP contribution in [0.4, 0.5) is 0 Å². The first-order valence-corrected chi connectivity index (χ1v) is 5.10. The molecule has 0 aliphatic heterocycles. The van der Waals surface area contributed by atoms with Crippen LogP contribution in [-0.2, 0) is 4.74 Å². The van der Waals surface area contributed by atoms with Crippen molar-refractivity contribution in [1.82, 2.24) is 0 Å². The van der Waals surface area contributed by atoms with E-state index in [-0.39, 0.29) is 12.1 Å². The van der Waals surface area contributed by atoms with Crippen LogP contribution in [0.1, 0.15) is 25.5 Å². The number of halogens is 1. The van der Waals surface area contributed by atoms with E-state index in [1.54, 1.807) is 0 Å². The van der Waals surface area contributed by atoms with E-state index in [9.17, 15) is 0 Å². The van der Waals surface area contributed by atoms with Gasteiger partial charge in [0.1, 0.15) is 0 Å². The molecule has 0 fully saturated rings. The topological polar surface area (TPSA) is 35.2 Å². The van der Waals surface area contributed by atoms with Crippen LogP contribution in [0.2, 0.25) is 5.02 Å². The van der Waals surface area contributed by atoms with Gasteiger partial charge in [0.2, 0.25) is 0 Å². The zero-order chi connectivity index (χ0) is 10.6. The Bertz CT molecular complexity index is 271. The minimum Gasteiger partial charge on any atom is -0.377 e. The molecule has 2 nitrogen and oxygen atoms in total. The first-order chi connectivity index (χ1) is 6.59. The average molecular weight is 214 g/mol. The molecule has 14 heavy (non-hydrogen) atoms. The fourth-order valence-electron chi connectivity index (χ4n) is 1.10. The molecule has 1 aromatic rings. The lowest BCUT2D eigenvalue weighted by Crippen LogP contribution is -2.19. The monoisotopic (exact) mass is 213 g/mol. The highest BCUT2D eigenvalue weighted by Crippen LogP contribution is 2.15. The molecule has 1 unspecified atom stereocenters. The molecule has 0 radical (unpaired) electrons. The Balaban J connectivity index is 2.52. The van der Waals surface area contributed by atoms with Gasteiger partial charge in [-0.15, -0.1) is 0 Å². The summed E-state index contributed by atoms with van der Waals surface area (Å²) in [5, 5.41) is 0.728. The summed E-state index contributed by atoms with van der Waals surface area (Å²) in [5.74, 6) is 0. The maximum absolute atomic E-state index is 5.93. The number of benzene rings is 1. The number of hydrogen-bond acceptors (Lipinski definition) is 2. The van der Waals surface area contributed by atoms with Crippen LogP contribution in [0.25, 0.3) is 0 Å². The van der Waals surface area contributed by atoms with Crippen molar-refractivity contribution in [3.63, 3.8) is 0 Å². The van der Waals surface area contributed by atoms with Crippen molar-refractivity contribution in [2.75, 3.05) is 6.61 Å². The second-order valence-electron chi connectivity index (χ2n) is 3.54. The zero-order valence-corrected chi connectivity index (χ0v) is 9.29. The van der Waals surface area contributed by atoms with Gasteiger partial charge in [-0.1, -0.05) is 23.7 Å². The maximum Gasteiger partial charge on any atom is 0.0662 e. The molecular formula is C11H16ClNO. The summed E-state index contributed by atoms with van der Waals surface area (Å²) in [6.07, 6.45) is 0.216. The maximum atomic E-state index is 5.93. The summed E-state index contributed by atoms with van der Waals surface area (Å²) >= 11 is 5.77. The first kappa shape index (κ1) is 11.5. The number of rotatable bonds is 4. The van der Waals surface area contributed by atoms with Crippen LogP contribution in [0.15, 0.2) is 24.3 Å². The molecule has 2 N–H and O–H groups in total. The van der Waals surface area contributed by atoms with Crippen molar-refractivity contribution in [1.29, 1.82) is 0 Å². The van der Waals surface area contributed by atoms with Crippen LogP contribution in [0, 0.1) is 0 Å². The van der Waals surface area contributed by atoms with Gasteiger partial charge in [0, 0.05) is 5.02 Å². The van der Waals surface area contributed by atoms with Crippen LogP contribution in [0.5, 0.6) is 0 Å². The quantitative estimate of drug-likeness (QED) is 0.835. The number of ether oxygens (including phenoxy) is 1. The third kappa shape index (κ3) is 3.66. The summed E-state index contributed by atoms with van der Waals surface area (Å²) in [6, 6.07) is 7.46. The largest absolute Gasteiger partial charge is 0.377 e. The Kier molecular flexibility index (Phi) is 4.39. The zero-order valence-electron chi connectivity index (χ0n) is 8.53. The lowest BCUT2D eigenvalue weighted by Gasteiger charge is -2.14. The summed E-state index contributed by atoms with van der Waals surface area (Å²) < 4.78 is 5.43. The minimum absolute atomic E-state index is 0.0744. The predicted molar refractivity (Wildman–Crippen MR) is 59.5 cm³/mol. The molecule has 3 heteroatoms. The molecule has 1 atom stereocenters. The molecule has 0 bridgehead atoms. The van der Waals surface area contributed by atoms with Crippen LogP contribution >= 0.6 is 11.6 Å². The van der Waals surface area contributed by atoms with Crippen molar-refractivity contribution < 1.29 is 4.74 Å². The SMILES string of the molecule is CC(C)OCC(N)c1ccc(Cl)cc1. The number of hydrogen-bond donors (Lipinski definition) is 1. The van der Waals surface area contributed by atoms with E-state index in [0.29, 0.717) is 6.61 Å². The fraction of sp³-hybridized carbons (Fsp3) is 0.455. The molecule has 0 saturated heterocycles. The highest BCUT2D eigenvalue weighted by Gasteiger charge is 2.06. The van der Waals surface area contributed by atoms with Gasteiger partial charge in [0.15, 0.2) is 0 Å². The molecule has 0 amide bonds. The van der Waals surface area contributed by atoms with Gasteiger partial charge in [0.05, 0.1) is 18.8 Å². The van der Waals surface area contributed by atoms with E-state index in [0.717, 1.165) is 10.6 Å². The number of nitrogens with two attached hydrogens (primary N) is 1. The lowest BCUT2D eigenvalue weighted by molar-refractivity contribution is 0.0683. The van der Waals surface area contributed by atoms with E-state index in [4.69, 9.17) is 22.1 Å². The van der Waals surface area contributed by atoms with E-state index >= 15 is 0 Å². The van der Waals surface area contributed by atoms with Gasteiger partial charge in [-0.2, -0.15) is 0 Å². The van der Waals surface area contributed by atoms with Crippen LogP contribution in [0.3, 0.4) is 0 Å². The first-order valence-electron chi connectivity index (χ1n) is 4.72. The molecule has 1 aromatic carbocycles. The van der Waals surface area contributed by atoms with E-state index in [1.165, 1.54) is 0 Å². The molecule has 0 aliphatic carbocycles. The van der Waals surface area contributed by atoms with Gasteiger partial charge < -0.3 is 10.5 Å². The Morgan fingerprint density at radius 2 is 1.86 bits per heavy atom. The third-order valence-corrected chi connectivity index (χ3v) is 2.16. The normalized spacial score (nSPS) is 13.2. The second-order valence-corrected chi connectivity index (χ2v) is 3.98. The lowest BCUT2D eigenvalue weighted by atomic mass is 10.1. The molecule has 1 rings (SSSR count). The molecular weight excluding hydrogens is 198 g/mol. The summed E-state index contributed by atoms with van der Waals surface area (Å²) in [4.78, 5) is 0. The molecule has 78 valence electrons. The van der Waals surface area contributed by atoms with Gasteiger partial charge >= 0.3 is 0 Å². The van der Waals surface area contributed by atoms with E-state index in [2.05, 4.69) is 0 Å². The molecule has 0 heterocycles. The molecule has 0 aromatic heterocycles. The van der Waals surface area contributed by atoms with Crippen molar-refractivity contribution in [2.24, 2.45) is 5.73 Å². The summed E-state index contributed by atoms with van der Waals surface area (Å²) in [6.45, 7) is 4.53. The van der Waals surface area contributed by atoms with Crippen molar-refractivity contribution in [2.45, 2.75) is 26.0 Å². The third-order valence-electron chi connectivity index (χ3n) is 1.91. The van der Waals surface area contributed by atoms with E-state index < -0.39 is 0 Å². The molecule has 0 saturated carbocycles. The van der Waals surface area contributed by atoms with Gasteiger partial charge in [-0.3, -0.25) is 0 Å². The van der Waals surface area contributed by atoms with Crippen molar-refractivity contribution >= 4 is 11.6 Å². The van der Waals surface area contributed by atoms with Crippen molar-refractivity contribution in [3.8, 4) is 0 Å². The fourth-order valence-corrected chi connectivity index (χ4v) is 1.23. The standard InChI is InChI=1S/C11H16ClNO/c1-8(2)14-7-11(13)9-3-5-10(12)6-4-9/h3-6,8,11H,7,13H2,1-2H3. The van der Waals surface area contributed by atoms with Crippen LogP contribution in [-0.4, -0.2) is 12.7 Å². The molecule has 0 spiro atoms. The smallest absolute Gasteiger partial charge is 0.0662 e. The van der Waals surface area contributed by atoms with Gasteiger partial charge in [-0.25, -0.2) is 0 Å². The Labute approximate surface area is 90.0 Å². The Morgan fingerprint density at radius 3 is 2.36 bits per heavy atom. The highest BCUT2D eigenvalue weighted by molar-refractivity contribution is 6.30. The van der Waals surface area contributed by atoms with Crippen molar-refractivity contribution in [3.05, 3.63) is 34.9 Å². The summed E-state index contributed by atoms with van der Waals surface area (Å²) in [7, 11) is 0.